The highest BCUT2D eigenvalue weighted by Gasteiger charge is 2.36. The van der Waals surface area contributed by atoms with Gasteiger partial charge in [-0.3, -0.25) is 0 Å². The molecule has 3 N–H and O–H groups in total. The number of quaternary nitrogens is 1. The number of amides is 2. The minimum Gasteiger partial charge on any atom is -0.467 e. The molecule has 0 saturated carbocycles. The molecule has 0 aliphatic carbocycles. The second-order valence-corrected chi connectivity index (χ2v) is 6.48. The summed E-state index contributed by atoms with van der Waals surface area (Å²) in [7, 11) is 1.96. The lowest BCUT2D eigenvalue weighted by molar-refractivity contribution is -0.890. The number of ether oxygens (including phenoxy) is 1. The van der Waals surface area contributed by atoms with E-state index in [1.165, 1.54) is 6.26 Å². The van der Waals surface area contributed by atoms with Gasteiger partial charge in [-0.15, -0.1) is 0 Å². The average molecular weight is 374 g/mol. The van der Waals surface area contributed by atoms with Gasteiger partial charge in [-0.1, -0.05) is 0 Å². The van der Waals surface area contributed by atoms with E-state index in [0.717, 1.165) is 16.4 Å². The standard InChI is InChI=1S/C19H23N3O5/c1-4-25-18(23)16-14(11-22(3)10-13-8-7-12(2)27-13)20-19(24)21-17(16)15-6-5-9-26-15/h5-9,17H,4,10-11H2,1-3H3,(H2,20,21,24)/p+1/t17-/m1/s1. The number of rotatable bonds is 7. The van der Waals surface area contributed by atoms with E-state index < -0.39 is 12.0 Å². The van der Waals surface area contributed by atoms with Crippen LogP contribution in [0.4, 0.5) is 4.79 Å². The van der Waals surface area contributed by atoms with Gasteiger partial charge in [-0.25, -0.2) is 9.59 Å². The van der Waals surface area contributed by atoms with Crippen LogP contribution in [0.2, 0.25) is 0 Å². The van der Waals surface area contributed by atoms with Gasteiger partial charge in [0.15, 0.2) is 5.76 Å². The quantitative estimate of drug-likeness (QED) is 0.630. The number of likely N-dealkylation sites (N-methyl/N-ethyl adjacent to an activating group) is 1. The number of carbonyl (C=O) groups excluding carboxylic acids is 2. The summed E-state index contributed by atoms with van der Waals surface area (Å²) in [4.78, 5) is 25.8. The normalized spacial score (nSPS) is 18.0. The first-order valence-electron chi connectivity index (χ1n) is 8.85. The molecule has 1 aliphatic heterocycles. The molecule has 0 aromatic carbocycles. The Morgan fingerprint density at radius 3 is 2.74 bits per heavy atom. The second-order valence-electron chi connectivity index (χ2n) is 6.48. The lowest BCUT2D eigenvalue weighted by Crippen LogP contribution is -3.08. The molecular weight excluding hydrogens is 350 g/mol. The fourth-order valence-corrected chi connectivity index (χ4v) is 3.12. The number of nitrogens with one attached hydrogen (secondary N) is 3. The average Bonchev–Trinajstić information content (AvgIpc) is 3.26. The Kier molecular flexibility index (Phi) is 5.66. The Balaban J connectivity index is 1.89. The summed E-state index contributed by atoms with van der Waals surface area (Å²) < 4.78 is 16.3. The van der Waals surface area contributed by atoms with Crippen LogP contribution in [0.15, 0.2) is 50.6 Å². The number of carbonyl (C=O) groups is 2. The summed E-state index contributed by atoms with van der Waals surface area (Å²) in [6.07, 6.45) is 1.50. The van der Waals surface area contributed by atoms with E-state index in [1.807, 2.05) is 26.1 Å². The topological polar surface area (TPSA) is 98.2 Å². The van der Waals surface area contributed by atoms with Crippen molar-refractivity contribution in [1.29, 1.82) is 0 Å². The van der Waals surface area contributed by atoms with Gasteiger partial charge >= 0.3 is 12.0 Å². The predicted octanol–water partition coefficient (Wildman–Crippen LogP) is 1.07. The second kappa shape index (κ2) is 8.13. The molecular formula is C19H24N3O5+. The molecule has 2 aromatic heterocycles. The molecule has 0 fully saturated rings. The van der Waals surface area contributed by atoms with Crippen molar-refractivity contribution >= 4 is 12.0 Å². The van der Waals surface area contributed by atoms with Crippen molar-refractivity contribution < 1.29 is 28.1 Å². The zero-order valence-corrected chi connectivity index (χ0v) is 15.6. The Morgan fingerprint density at radius 2 is 2.11 bits per heavy atom. The van der Waals surface area contributed by atoms with Crippen LogP contribution >= 0.6 is 0 Å². The molecule has 3 heterocycles. The third kappa shape index (κ3) is 4.40. The van der Waals surface area contributed by atoms with Crippen LogP contribution in [0.25, 0.3) is 0 Å². The van der Waals surface area contributed by atoms with Gasteiger partial charge in [-0.2, -0.15) is 0 Å². The van der Waals surface area contributed by atoms with Crippen molar-refractivity contribution in [3.05, 3.63) is 59.1 Å². The van der Waals surface area contributed by atoms with E-state index in [-0.39, 0.29) is 12.6 Å². The number of hydrogen-bond donors (Lipinski definition) is 3. The Bertz CT molecular complexity index is 837. The monoisotopic (exact) mass is 374 g/mol. The maximum atomic E-state index is 12.6. The molecule has 3 rings (SSSR count). The van der Waals surface area contributed by atoms with Crippen LogP contribution < -0.4 is 15.5 Å². The molecule has 0 bridgehead atoms. The highest BCUT2D eigenvalue weighted by Crippen LogP contribution is 2.27. The van der Waals surface area contributed by atoms with E-state index in [9.17, 15) is 9.59 Å². The first-order valence-corrected chi connectivity index (χ1v) is 8.85. The smallest absolute Gasteiger partial charge is 0.338 e. The van der Waals surface area contributed by atoms with Gasteiger partial charge in [0.1, 0.15) is 30.7 Å². The first-order chi connectivity index (χ1) is 13.0. The van der Waals surface area contributed by atoms with E-state index in [2.05, 4.69) is 10.6 Å². The SMILES string of the molecule is CCOC(=O)C1=C(C[NH+](C)Cc2ccc(C)o2)NC(=O)N[C@@H]1c1ccco1. The zero-order chi connectivity index (χ0) is 19.4. The maximum Gasteiger partial charge on any atom is 0.338 e. The number of hydrogen-bond acceptors (Lipinski definition) is 5. The summed E-state index contributed by atoms with van der Waals surface area (Å²) >= 11 is 0. The molecule has 27 heavy (non-hydrogen) atoms. The van der Waals surface area contributed by atoms with Crippen LogP contribution in [0.1, 0.15) is 30.2 Å². The van der Waals surface area contributed by atoms with Crippen molar-refractivity contribution in [2.75, 3.05) is 20.2 Å². The van der Waals surface area contributed by atoms with Crippen molar-refractivity contribution in [3.8, 4) is 0 Å². The number of furan rings is 2. The summed E-state index contributed by atoms with van der Waals surface area (Å²) in [6, 6.07) is 6.18. The van der Waals surface area contributed by atoms with E-state index in [4.69, 9.17) is 13.6 Å². The van der Waals surface area contributed by atoms with Crippen molar-refractivity contribution in [2.24, 2.45) is 0 Å². The Labute approximate surface area is 157 Å². The fourth-order valence-electron chi connectivity index (χ4n) is 3.12. The molecule has 8 nitrogen and oxygen atoms in total. The zero-order valence-electron chi connectivity index (χ0n) is 15.6. The largest absolute Gasteiger partial charge is 0.467 e. The molecule has 1 unspecified atom stereocenters. The Hall–Kier alpha value is -3.00. The third-order valence-electron chi connectivity index (χ3n) is 4.23. The molecule has 8 heteroatoms. The molecule has 0 saturated heterocycles. The minimum atomic E-state index is -0.693. The van der Waals surface area contributed by atoms with Crippen LogP contribution in [-0.2, 0) is 16.1 Å². The molecule has 144 valence electrons. The summed E-state index contributed by atoms with van der Waals surface area (Å²) in [5.74, 6) is 1.68. The first kappa shape index (κ1) is 18.8. The van der Waals surface area contributed by atoms with E-state index >= 15 is 0 Å². The minimum absolute atomic E-state index is 0.239. The lowest BCUT2D eigenvalue weighted by atomic mass is 10.00. The molecule has 1 aliphatic rings. The highest BCUT2D eigenvalue weighted by molar-refractivity contribution is 5.95. The molecule has 0 spiro atoms. The lowest BCUT2D eigenvalue weighted by Gasteiger charge is -2.28. The fraction of sp³-hybridized carbons (Fsp3) is 0.368. The van der Waals surface area contributed by atoms with Gasteiger partial charge in [0, 0.05) is 0 Å². The van der Waals surface area contributed by atoms with Crippen LogP contribution in [0.5, 0.6) is 0 Å². The van der Waals surface area contributed by atoms with Crippen LogP contribution in [0, 0.1) is 6.92 Å². The summed E-state index contributed by atoms with van der Waals surface area (Å²) in [5, 5.41) is 5.49. The van der Waals surface area contributed by atoms with E-state index in [1.54, 1.807) is 19.1 Å². The maximum absolute atomic E-state index is 12.6. The van der Waals surface area contributed by atoms with Gasteiger partial charge in [0.05, 0.1) is 31.2 Å². The van der Waals surface area contributed by atoms with Gasteiger partial charge in [0.25, 0.3) is 0 Å². The number of urea groups is 1. The van der Waals surface area contributed by atoms with Crippen molar-refractivity contribution in [3.63, 3.8) is 0 Å². The molecule has 2 aromatic rings. The predicted molar refractivity (Wildman–Crippen MR) is 95.7 cm³/mol. The molecule has 0 radical (unpaired) electrons. The van der Waals surface area contributed by atoms with E-state index in [0.29, 0.717) is 30.1 Å². The summed E-state index contributed by atoms with van der Waals surface area (Å²) in [5.41, 5.74) is 0.862. The van der Waals surface area contributed by atoms with Gasteiger partial charge in [-0.05, 0) is 38.1 Å². The van der Waals surface area contributed by atoms with Crippen LogP contribution in [0.3, 0.4) is 0 Å². The highest BCUT2D eigenvalue weighted by atomic mass is 16.5. The molecule has 2 amide bonds. The number of aryl methyl sites for hydroxylation is 1. The van der Waals surface area contributed by atoms with Gasteiger partial charge in [0.2, 0.25) is 0 Å². The van der Waals surface area contributed by atoms with Crippen molar-refractivity contribution in [1.82, 2.24) is 10.6 Å². The van der Waals surface area contributed by atoms with Crippen LogP contribution in [-0.4, -0.2) is 32.2 Å². The number of esters is 1. The van der Waals surface area contributed by atoms with Crippen molar-refractivity contribution in [2.45, 2.75) is 26.4 Å². The molecule has 2 atom stereocenters. The Morgan fingerprint density at radius 1 is 1.30 bits per heavy atom. The van der Waals surface area contributed by atoms with Gasteiger partial charge < -0.3 is 29.1 Å². The third-order valence-corrected chi connectivity index (χ3v) is 4.23. The summed E-state index contributed by atoms with van der Waals surface area (Å²) in [6.45, 7) is 4.90.